The van der Waals surface area contributed by atoms with Crippen LogP contribution in [0.2, 0.25) is 0 Å². The molecule has 1 atom stereocenters. The average molecular weight is 292 g/mol. The lowest BCUT2D eigenvalue weighted by molar-refractivity contribution is -0.120. The maximum atomic E-state index is 12.1. The first-order chi connectivity index (χ1) is 8.22. The van der Waals surface area contributed by atoms with Crippen LogP contribution in [-0.4, -0.2) is 5.78 Å². The molecule has 1 aromatic rings. The van der Waals surface area contributed by atoms with Crippen LogP contribution in [0.25, 0.3) is 0 Å². The zero-order valence-corrected chi connectivity index (χ0v) is 11.1. The molecule has 0 saturated heterocycles. The quantitative estimate of drug-likeness (QED) is 0.846. The Morgan fingerprint density at radius 3 is 2.71 bits per heavy atom. The number of hydrogen-bond acceptors (Lipinski definition) is 2. The fourth-order valence-corrected chi connectivity index (χ4v) is 2.64. The second kappa shape index (κ2) is 5.46. The minimum Gasteiger partial charge on any atom is -0.298 e. The van der Waals surface area contributed by atoms with Gasteiger partial charge in [-0.25, -0.2) is 0 Å². The maximum Gasteiger partial charge on any atom is 0.154 e. The molecule has 0 amide bonds. The van der Waals surface area contributed by atoms with Gasteiger partial charge in [-0.2, -0.15) is 5.26 Å². The molecule has 1 fully saturated rings. The Morgan fingerprint density at radius 2 is 2.18 bits per heavy atom. The topological polar surface area (TPSA) is 40.9 Å². The van der Waals surface area contributed by atoms with Gasteiger partial charge in [0.1, 0.15) is 5.92 Å². The van der Waals surface area contributed by atoms with Gasteiger partial charge in [-0.15, -0.1) is 0 Å². The summed E-state index contributed by atoms with van der Waals surface area (Å²) in [4.78, 5) is 12.1. The zero-order valence-electron chi connectivity index (χ0n) is 9.53. The minimum absolute atomic E-state index is 0.0594. The van der Waals surface area contributed by atoms with E-state index in [4.69, 9.17) is 0 Å². The highest BCUT2D eigenvalue weighted by molar-refractivity contribution is 9.10. The van der Waals surface area contributed by atoms with Crippen molar-refractivity contribution in [2.24, 2.45) is 5.92 Å². The van der Waals surface area contributed by atoms with Gasteiger partial charge in [0.15, 0.2) is 5.78 Å². The number of halogens is 1. The Balaban J connectivity index is 2.13. The summed E-state index contributed by atoms with van der Waals surface area (Å²) in [7, 11) is 0. The van der Waals surface area contributed by atoms with Gasteiger partial charge < -0.3 is 0 Å². The van der Waals surface area contributed by atoms with Gasteiger partial charge in [0.2, 0.25) is 0 Å². The van der Waals surface area contributed by atoms with Crippen LogP contribution in [0.3, 0.4) is 0 Å². The van der Waals surface area contributed by atoms with Crippen LogP contribution in [0.15, 0.2) is 28.7 Å². The third kappa shape index (κ3) is 2.76. The van der Waals surface area contributed by atoms with E-state index in [0.29, 0.717) is 12.3 Å². The highest BCUT2D eigenvalue weighted by atomic mass is 79.9. The van der Waals surface area contributed by atoms with Crippen molar-refractivity contribution >= 4 is 21.7 Å². The number of Topliss-reactive ketones (excluding diaryl/α,β-unsaturated/α-hetero) is 1. The first-order valence-corrected chi connectivity index (χ1v) is 6.68. The van der Waals surface area contributed by atoms with Crippen LogP contribution in [0.5, 0.6) is 0 Å². The number of carbonyl (C=O) groups excluding carboxylic acids is 1. The first kappa shape index (κ1) is 12.3. The smallest absolute Gasteiger partial charge is 0.154 e. The van der Waals surface area contributed by atoms with Gasteiger partial charge in [0, 0.05) is 10.9 Å². The molecule has 88 valence electrons. The van der Waals surface area contributed by atoms with Crippen LogP contribution in [-0.2, 0) is 4.79 Å². The molecule has 1 saturated carbocycles. The van der Waals surface area contributed by atoms with Crippen molar-refractivity contribution in [2.75, 3.05) is 0 Å². The van der Waals surface area contributed by atoms with E-state index in [1.165, 1.54) is 6.42 Å². The molecular formula is C14H14BrNO. The minimum atomic E-state index is -0.619. The highest BCUT2D eigenvalue weighted by Crippen LogP contribution is 2.33. The molecule has 1 aromatic carbocycles. The van der Waals surface area contributed by atoms with E-state index >= 15 is 0 Å². The molecule has 1 aliphatic carbocycles. The molecule has 1 aliphatic rings. The first-order valence-electron chi connectivity index (χ1n) is 5.89. The summed E-state index contributed by atoms with van der Waals surface area (Å²) in [5.74, 6) is -0.0453. The van der Waals surface area contributed by atoms with E-state index in [9.17, 15) is 10.1 Å². The van der Waals surface area contributed by atoms with E-state index < -0.39 is 5.92 Å². The molecule has 17 heavy (non-hydrogen) atoms. The molecule has 0 bridgehead atoms. The fourth-order valence-electron chi connectivity index (χ4n) is 2.12. The number of ketones is 1. The van der Waals surface area contributed by atoms with Gasteiger partial charge in [-0.1, -0.05) is 53.4 Å². The normalized spacial score (nSPS) is 16.9. The van der Waals surface area contributed by atoms with E-state index in [1.54, 1.807) is 0 Å². The summed E-state index contributed by atoms with van der Waals surface area (Å²) >= 11 is 3.40. The molecule has 0 N–H and O–H groups in total. The van der Waals surface area contributed by atoms with Crippen molar-refractivity contribution in [2.45, 2.75) is 31.6 Å². The Kier molecular flexibility index (Phi) is 3.96. The molecular weight excluding hydrogens is 278 g/mol. The third-order valence-electron chi connectivity index (χ3n) is 3.38. The second-order valence-electron chi connectivity index (χ2n) is 4.55. The lowest BCUT2D eigenvalue weighted by atomic mass is 9.79. The zero-order chi connectivity index (χ0) is 12.3. The molecule has 0 aromatic heterocycles. The summed E-state index contributed by atoms with van der Waals surface area (Å²) in [6, 6.07) is 9.60. The Morgan fingerprint density at radius 1 is 1.47 bits per heavy atom. The van der Waals surface area contributed by atoms with Crippen LogP contribution < -0.4 is 0 Å². The number of carbonyl (C=O) groups is 1. The van der Waals surface area contributed by atoms with Crippen LogP contribution >= 0.6 is 15.9 Å². The summed E-state index contributed by atoms with van der Waals surface area (Å²) in [5, 5.41) is 9.19. The van der Waals surface area contributed by atoms with Crippen molar-refractivity contribution in [3.05, 3.63) is 34.3 Å². The molecule has 2 nitrogen and oxygen atoms in total. The van der Waals surface area contributed by atoms with Crippen molar-refractivity contribution in [1.29, 1.82) is 5.26 Å². The van der Waals surface area contributed by atoms with Crippen LogP contribution in [0.1, 0.15) is 37.2 Å². The van der Waals surface area contributed by atoms with E-state index in [0.717, 1.165) is 22.9 Å². The largest absolute Gasteiger partial charge is 0.298 e. The van der Waals surface area contributed by atoms with Crippen molar-refractivity contribution in [3.8, 4) is 6.07 Å². The van der Waals surface area contributed by atoms with Gasteiger partial charge in [-0.05, 0) is 17.5 Å². The molecule has 1 unspecified atom stereocenters. The fraction of sp³-hybridized carbons (Fsp3) is 0.429. The van der Waals surface area contributed by atoms with Crippen LogP contribution in [0, 0.1) is 17.2 Å². The molecule has 3 heteroatoms. The Hall–Kier alpha value is -1.14. The predicted octanol–water partition coefficient (Wildman–Crippen LogP) is 3.82. The van der Waals surface area contributed by atoms with Crippen molar-refractivity contribution < 1.29 is 4.79 Å². The third-order valence-corrected chi connectivity index (χ3v) is 4.10. The van der Waals surface area contributed by atoms with Gasteiger partial charge >= 0.3 is 0 Å². The van der Waals surface area contributed by atoms with Gasteiger partial charge in [0.05, 0.1) is 6.07 Å². The number of nitrogens with zero attached hydrogens (tertiary/aromatic N) is 1. The Labute approximate surface area is 110 Å². The molecule has 0 spiro atoms. The van der Waals surface area contributed by atoms with Gasteiger partial charge in [-0.3, -0.25) is 4.79 Å². The molecule has 2 rings (SSSR count). The van der Waals surface area contributed by atoms with Crippen LogP contribution in [0.4, 0.5) is 0 Å². The number of nitriles is 1. The van der Waals surface area contributed by atoms with Crippen molar-refractivity contribution in [3.63, 3.8) is 0 Å². The monoisotopic (exact) mass is 291 g/mol. The lowest BCUT2D eigenvalue weighted by Crippen LogP contribution is -2.20. The maximum absolute atomic E-state index is 12.1. The molecule has 0 radical (unpaired) electrons. The summed E-state index contributed by atoms with van der Waals surface area (Å²) in [6.45, 7) is 0. The SMILES string of the molecule is N#CC(C(=O)CC1CCC1)c1ccccc1Br. The lowest BCUT2D eigenvalue weighted by Gasteiger charge is -2.25. The number of hydrogen-bond donors (Lipinski definition) is 0. The highest BCUT2D eigenvalue weighted by Gasteiger charge is 2.27. The van der Waals surface area contributed by atoms with E-state index in [2.05, 4.69) is 22.0 Å². The molecule has 0 heterocycles. The number of rotatable bonds is 4. The van der Waals surface area contributed by atoms with Crippen molar-refractivity contribution in [1.82, 2.24) is 0 Å². The standard InChI is InChI=1S/C14H14BrNO/c15-13-7-2-1-6-11(13)12(9-16)14(17)8-10-4-3-5-10/h1-2,6-7,10,12H,3-5,8H2. The number of benzene rings is 1. The Bertz CT molecular complexity index is 460. The summed E-state index contributed by atoms with van der Waals surface area (Å²) < 4.78 is 0.841. The van der Waals surface area contributed by atoms with Gasteiger partial charge in [0.25, 0.3) is 0 Å². The van der Waals surface area contributed by atoms with E-state index in [1.807, 2.05) is 24.3 Å². The summed E-state index contributed by atoms with van der Waals surface area (Å²) in [6.07, 6.45) is 4.06. The average Bonchev–Trinajstić information content (AvgIpc) is 2.27. The summed E-state index contributed by atoms with van der Waals surface area (Å²) in [5.41, 5.74) is 0.791. The van der Waals surface area contributed by atoms with E-state index in [-0.39, 0.29) is 5.78 Å². The molecule has 0 aliphatic heterocycles. The predicted molar refractivity (Wildman–Crippen MR) is 69.5 cm³/mol. The second-order valence-corrected chi connectivity index (χ2v) is 5.41.